The van der Waals surface area contributed by atoms with Crippen LogP contribution in [0.1, 0.15) is 5.56 Å². The molecule has 0 saturated carbocycles. The van der Waals surface area contributed by atoms with Gasteiger partial charge in [-0.2, -0.15) is 22.0 Å². The van der Waals surface area contributed by atoms with E-state index >= 15 is 0 Å². The van der Waals surface area contributed by atoms with Crippen LogP contribution in [-0.4, -0.2) is 6.18 Å². The lowest BCUT2D eigenvalue weighted by atomic mass is 10.1. The number of nitrogen functional groups attached to an aromatic ring is 1. The van der Waals surface area contributed by atoms with Crippen molar-refractivity contribution < 1.29 is 30.7 Å². The van der Waals surface area contributed by atoms with E-state index < -0.39 is 35.0 Å². The van der Waals surface area contributed by atoms with Crippen LogP contribution in [0.5, 0.6) is 0 Å². The first-order valence-corrected chi connectivity index (χ1v) is 3.77. The molecule has 8 heteroatoms. The van der Waals surface area contributed by atoms with Crippen LogP contribution in [0.2, 0.25) is 0 Å². The van der Waals surface area contributed by atoms with E-state index in [-0.39, 0.29) is 6.07 Å². The van der Waals surface area contributed by atoms with Crippen LogP contribution >= 0.6 is 0 Å². The fourth-order valence-electron chi connectivity index (χ4n) is 0.960. The van der Waals surface area contributed by atoms with Gasteiger partial charge in [0.25, 0.3) is 0 Å². The lowest BCUT2D eigenvalue weighted by molar-refractivity contribution is -0.290. The van der Waals surface area contributed by atoms with Crippen molar-refractivity contribution in [2.75, 3.05) is 5.73 Å². The Morgan fingerprint density at radius 1 is 0.875 bits per heavy atom. The Morgan fingerprint density at radius 3 is 1.81 bits per heavy atom. The van der Waals surface area contributed by atoms with Gasteiger partial charge in [0.15, 0.2) is 11.6 Å². The van der Waals surface area contributed by atoms with Crippen molar-refractivity contribution in [3.63, 3.8) is 0 Å². The second-order valence-electron chi connectivity index (χ2n) is 2.90. The molecule has 1 rings (SSSR count). The fraction of sp³-hybridized carbons (Fsp3) is 0.250. The van der Waals surface area contributed by atoms with Gasteiger partial charge in [0, 0.05) is 0 Å². The van der Waals surface area contributed by atoms with Gasteiger partial charge in [-0.25, -0.2) is 8.78 Å². The van der Waals surface area contributed by atoms with E-state index in [0.29, 0.717) is 6.07 Å². The highest BCUT2D eigenvalue weighted by Crippen LogP contribution is 2.45. The zero-order valence-corrected chi connectivity index (χ0v) is 7.38. The predicted octanol–water partition coefficient (Wildman–Crippen LogP) is 3.20. The van der Waals surface area contributed by atoms with Crippen molar-refractivity contribution in [2.45, 2.75) is 12.1 Å². The Labute approximate surface area is 84.7 Å². The van der Waals surface area contributed by atoms with Crippen LogP contribution in [0, 0.1) is 11.6 Å². The molecule has 0 aromatic heterocycles. The molecule has 0 atom stereocenters. The summed E-state index contributed by atoms with van der Waals surface area (Å²) >= 11 is 0. The molecule has 0 radical (unpaired) electrons. The minimum absolute atomic E-state index is 0.0984. The minimum atomic E-state index is -6.00. The Kier molecular flexibility index (Phi) is 2.78. The highest BCUT2D eigenvalue weighted by atomic mass is 19.4. The normalized spacial score (nSPS) is 12.9. The van der Waals surface area contributed by atoms with E-state index in [2.05, 4.69) is 0 Å². The fourth-order valence-corrected chi connectivity index (χ4v) is 0.960. The van der Waals surface area contributed by atoms with E-state index in [0.717, 1.165) is 0 Å². The van der Waals surface area contributed by atoms with Crippen LogP contribution in [0.25, 0.3) is 0 Å². The quantitative estimate of drug-likeness (QED) is 0.598. The van der Waals surface area contributed by atoms with E-state index in [1.165, 1.54) is 0 Å². The van der Waals surface area contributed by atoms with Crippen molar-refractivity contribution in [1.82, 2.24) is 0 Å². The van der Waals surface area contributed by atoms with Gasteiger partial charge in [0.2, 0.25) is 0 Å². The molecule has 1 aromatic carbocycles. The second-order valence-corrected chi connectivity index (χ2v) is 2.90. The summed E-state index contributed by atoms with van der Waals surface area (Å²) in [6.07, 6.45) is -6.00. The molecule has 0 heterocycles. The number of anilines is 1. The summed E-state index contributed by atoms with van der Waals surface area (Å²) in [4.78, 5) is 0. The third-order valence-corrected chi connectivity index (χ3v) is 1.81. The maximum absolute atomic E-state index is 12.9. The third kappa shape index (κ3) is 1.79. The van der Waals surface area contributed by atoms with Crippen LogP contribution in [0.15, 0.2) is 12.1 Å². The summed E-state index contributed by atoms with van der Waals surface area (Å²) in [7, 11) is 0. The standard InChI is InChI=1S/C8H4F7N/c9-5-3(1-2-4(16)6(5)10)7(11,12)8(13,14)15/h1-2H,16H2. The van der Waals surface area contributed by atoms with Crippen molar-refractivity contribution in [2.24, 2.45) is 0 Å². The monoisotopic (exact) mass is 247 g/mol. The molecular formula is C8H4F7N. The lowest BCUT2D eigenvalue weighted by Gasteiger charge is -2.20. The highest BCUT2D eigenvalue weighted by molar-refractivity contribution is 5.43. The molecule has 0 saturated heterocycles. The van der Waals surface area contributed by atoms with Gasteiger partial charge in [-0.3, -0.25) is 0 Å². The number of hydrogen-bond donors (Lipinski definition) is 1. The van der Waals surface area contributed by atoms with E-state index in [1.54, 1.807) is 0 Å². The van der Waals surface area contributed by atoms with Crippen LogP contribution in [0.3, 0.4) is 0 Å². The Morgan fingerprint density at radius 2 is 1.38 bits per heavy atom. The number of alkyl halides is 5. The van der Waals surface area contributed by atoms with Crippen molar-refractivity contribution in [1.29, 1.82) is 0 Å². The number of nitrogens with two attached hydrogens (primary N) is 1. The molecule has 0 spiro atoms. The number of benzene rings is 1. The molecule has 2 N–H and O–H groups in total. The molecule has 0 aliphatic heterocycles. The largest absolute Gasteiger partial charge is 0.458 e. The zero-order valence-electron chi connectivity index (χ0n) is 7.38. The van der Waals surface area contributed by atoms with Crippen LogP contribution < -0.4 is 5.73 Å². The van der Waals surface area contributed by atoms with Crippen molar-refractivity contribution >= 4 is 5.69 Å². The molecule has 1 aromatic rings. The molecular weight excluding hydrogens is 243 g/mol. The first-order valence-electron chi connectivity index (χ1n) is 3.77. The first kappa shape index (κ1) is 12.6. The smallest absolute Gasteiger partial charge is 0.396 e. The van der Waals surface area contributed by atoms with Crippen molar-refractivity contribution in [3.8, 4) is 0 Å². The number of hydrogen-bond acceptors (Lipinski definition) is 1. The van der Waals surface area contributed by atoms with Crippen molar-refractivity contribution in [3.05, 3.63) is 29.3 Å². The van der Waals surface area contributed by atoms with Gasteiger partial charge >= 0.3 is 12.1 Å². The van der Waals surface area contributed by atoms with Crippen LogP contribution in [0.4, 0.5) is 36.4 Å². The zero-order chi connectivity index (χ0) is 12.7. The molecule has 0 aliphatic rings. The lowest BCUT2D eigenvalue weighted by Crippen LogP contribution is -2.34. The van der Waals surface area contributed by atoms with E-state index in [1.807, 2.05) is 0 Å². The summed E-state index contributed by atoms with van der Waals surface area (Å²) in [5, 5.41) is 0. The molecule has 0 unspecified atom stereocenters. The summed E-state index contributed by atoms with van der Waals surface area (Å²) < 4.78 is 86.5. The molecule has 90 valence electrons. The first-order chi connectivity index (χ1) is 7.09. The summed E-state index contributed by atoms with van der Waals surface area (Å²) in [6, 6.07) is 0.536. The summed E-state index contributed by atoms with van der Waals surface area (Å²) in [5.74, 6) is -9.70. The highest BCUT2D eigenvalue weighted by Gasteiger charge is 2.60. The SMILES string of the molecule is Nc1ccc(C(F)(F)C(F)(F)F)c(F)c1F. The number of halogens is 7. The summed E-state index contributed by atoms with van der Waals surface area (Å²) in [5.41, 5.74) is 1.86. The minimum Gasteiger partial charge on any atom is -0.396 e. The van der Waals surface area contributed by atoms with Crippen LogP contribution in [-0.2, 0) is 5.92 Å². The van der Waals surface area contributed by atoms with Gasteiger partial charge in [-0.1, -0.05) is 0 Å². The van der Waals surface area contributed by atoms with E-state index in [4.69, 9.17) is 5.73 Å². The molecule has 0 aliphatic carbocycles. The van der Waals surface area contributed by atoms with E-state index in [9.17, 15) is 30.7 Å². The Balaban J connectivity index is 3.41. The van der Waals surface area contributed by atoms with Gasteiger partial charge < -0.3 is 5.73 Å². The molecule has 0 fully saturated rings. The number of rotatable bonds is 1. The average molecular weight is 247 g/mol. The Bertz CT molecular complexity index is 410. The molecule has 0 amide bonds. The predicted molar refractivity (Wildman–Crippen MR) is 40.7 cm³/mol. The van der Waals surface area contributed by atoms with Gasteiger partial charge in [-0.05, 0) is 12.1 Å². The molecule has 1 nitrogen and oxygen atoms in total. The molecule has 16 heavy (non-hydrogen) atoms. The Hall–Kier alpha value is -1.47. The maximum atomic E-state index is 12.9. The maximum Gasteiger partial charge on any atom is 0.458 e. The molecule has 0 bridgehead atoms. The van der Waals surface area contributed by atoms with Gasteiger partial charge in [0.1, 0.15) is 0 Å². The second kappa shape index (κ2) is 3.53. The topological polar surface area (TPSA) is 26.0 Å². The van der Waals surface area contributed by atoms with Gasteiger partial charge in [0.05, 0.1) is 11.3 Å². The van der Waals surface area contributed by atoms with Gasteiger partial charge in [-0.15, -0.1) is 0 Å². The average Bonchev–Trinajstić information content (AvgIpc) is 2.12. The summed E-state index contributed by atoms with van der Waals surface area (Å²) in [6.45, 7) is 0. The third-order valence-electron chi connectivity index (χ3n) is 1.81.